The number of likely N-dealkylation sites (tertiary alicyclic amines) is 1. The summed E-state index contributed by atoms with van der Waals surface area (Å²) in [5, 5.41) is 0. The van der Waals surface area contributed by atoms with Crippen molar-refractivity contribution in [2.75, 3.05) is 13.1 Å². The van der Waals surface area contributed by atoms with Crippen LogP contribution in [0.15, 0.2) is 48.9 Å². The molecule has 0 spiro atoms. The van der Waals surface area contributed by atoms with Crippen LogP contribution in [0.5, 0.6) is 0 Å². The van der Waals surface area contributed by atoms with Crippen LogP contribution in [0.4, 0.5) is 4.39 Å². The number of benzene rings is 1. The zero-order valence-electron chi connectivity index (χ0n) is 13.8. The minimum absolute atomic E-state index is 0.0960. The summed E-state index contributed by atoms with van der Waals surface area (Å²) in [4.78, 5) is 23.2. The van der Waals surface area contributed by atoms with E-state index in [4.69, 9.17) is 0 Å². The Labute approximate surface area is 145 Å². The Morgan fingerprint density at radius 3 is 2.64 bits per heavy atom. The lowest BCUT2D eigenvalue weighted by Gasteiger charge is -2.32. The molecule has 1 aromatic carbocycles. The molecule has 128 valence electrons. The average molecular weight is 338 g/mol. The van der Waals surface area contributed by atoms with Crippen LogP contribution < -0.4 is 0 Å². The number of carbonyl (C=O) groups excluding carboxylic acids is 1. The molecule has 25 heavy (non-hydrogen) atoms. The van der Waals surface area contributed by atoms with Gasteiger partial charge in [-0.3, -0.25) is 4.79 Å². The number of amides is 1. The number of aromatic nitrogens is 3. The highest BCUT2D eigenvalue weighted by Gasteiger charge is 2.25. The van der Waals surface area contributed by atoms with Crippen LogP contribution in [0.3, 0.4) is 0 Å². The molecule has 3 aromatic rings. The standard InChI is InChI=1S/C19H19FN4O/c20-15-5-3-14(4-6-15)12-18(25)23-10-7-16(8-11-23)24-13-22-17-2-1-9-21-19(17)24/h1-6,9,13,16H,7-8,10-12H2. The zero-order valence-corrected chi connectivity index (χ0v) is 13.8. The van der Waals surface area contributed by atoms with Gasteiger partial charge in [-0.05, 0) is 42.7 Å². The molecule has 1 aliphatic heterocycles. The van der Waals surface area contributed by atoms with Crippen molar-refractivity contribution in [2.45, 2.75) is 25.3 Å². The quantitative estimate of drug-likeness (QED) is 0.738. The van der Waals surface area contributed by atoms with Crippen molar-refractivity contribution < 1.29 is 9.18 Å². The highest BCUT2D eigenvalue weighted by Crippen LogP contribution is 2.26. The first-order valence-corrected chi connectivity index (χ1v) is 8.50. The van der Waals surface area contributed by atoms with E-state index in [9.17, 15) is 9.18 Å². The minimum atomic E-state index is -0.279. The maximum atomic E-state index is 13.0. The number of carbonyl (C=O) groups is 1. The van der Waals surface area contributed by atoms with Crippen LogP contribution >= 0.6 is 0 Å². The lowest BCUT2D eigenvalue weighted by atomic mass is 10.0. The van der Waals surface area contributed by atoms with E-state index >= 15 is 0 Å². The van der Waals surface area contributed by atoms with Crippen molar-refractivity contribution in [3.63, 3.8) is 0 Å². The van der Waals surface area contributed by atoms with E-state index in [0.29, 0.717) is 12.5 Å². The van der Waals surface area contributed by atoms with E-state index in [0.717, 1.165) is 42.7 Å². The van der Waals surface area contributed by atoms with E-state index in [1.165, 1.54) is 12.1 Å². The van der Waals surface area contributed by atoms with Crippen molar-refractivity contribution in [3.05, 3.63) is 60.3 Å². The Morgan fingerprint density at radius 2 is 1.88 bits per heavy atom. The van der Waals surface area contributed by atoms with Gasteiger partial charge in [0.25, 0.3) is 0 Å². The Bertz CT molecular complexity index is 882. The van der Waals surface area contributed by atoms with Crippen molar-refractivity contribution in [2.24, 2.45) is 0 Å². The van der Waals surface area contributed by atoms with E-state index in [-0.39, 0.29) is 11.7 Å². The van der Waals surface area contributed by atoms with Crippen LogP contribution in [0.1, 0.15) is 24.4 Å². The van der Waals surface area contributed by atoms with Gasteiger partial charge in [-0.2, -0.15) is 0 Å². The van der Waals surface area contributed by atoms with Gasteiger partial charge in [0.1, 0.15) is 11.3 Å². The van der Waals surface area contributed by atoms with Gasteiger partial charge in [0.05, 0.1) is 12.7 Å². The first-order chi connectivity index (χ1) is 12.2. The Kier molecular flexibility index (Phi) is 4.17. The fraction of sp³-hybridized carbons (Fsp3) is 0.316. The van der Waals surface area contributed by atoms with Gasteiger partial charge in [0.15, 0.2) is 5.65 Å². The molecule has 6 heteroatoms. The summed E-state index contributed by atoms with van der Waals surface area (Å²) in [7, 11) is 0. The highest BCUT2D eigenvalue weighted by molar-refractivity contribution is 5.79. The molecule has 5 nitrogen and oxygen atoms in total. The van der Waals surface area contributed by atoms with Crippen LogP contribution in [-0.4, -0.2) is 38.4 Å². The second-order valence-corrected chi connectivity index (χ2v) is 6.41. The number of fused-ring (bicyclic) bond motifs is 1. The van der Waals surface area contributed by atoms with Crippen LogP contribution in [0.25, 0.3) is 11.2 Å². The Balaban J connectivity index is 1.39. The number of halogens is 1. The normalized spacial score (nSPS) is 15.6. The largest absolute Gasteiger partial charge is 0.342 e. The molecule has 0 aliphatic carbocycles. The molecule has 1 amide bonds. The molecular formula is C19H19FN4O. The van der Waals surface area contributed by atoms with Crippen molar-refractivity contribution >= 4 is 17.1 Å². The SMILES string of the molecule is O=C(Cc1ccc(F)cc1)N1CCC(n2cnc3cccnc32)CC1. The van der Waals surface area contributed by atoms with E-state index < -0.39 is 0 Å². The van der Waals surface area contributed by atoms with Gasteiger partial charge in [-0.1, -0.05) is 12.1 Å². The lowest BCUT2D eigenvalue weighted by Crippen LogP contribution is -2.39. The third-order valence-corrected chi connectivity index (χ3v) is 4.81. The van der Waals surface area contributed by atoms with E-state index in [1.54, 1.807) is 18.3 Å². The first kappa shape index (κ1) is 15.7. The molecule has 0 saturated carbocycles. The molecular weight excluding hydrogens is 319 g/mol. The first-order valence-electron chi connectivity index (χ1n) is 8.50. The third kappa shape index (κ3) is 3.24. The summed E-state index contributed by atoms with van der Waals surface area (Å²) < 4.78 is 15.1. The summed E-state index contributed by atoms with van der Waals surface area (Å²) in [6, 6.07) is 10.3. The molecule has 0 atom stereocenters. The van der Waals surface area contributed by atoms with Crippen molar-refractivity contribution in [1.29, 1.82) is 0 Å². The molecule has 0 unspecified atom stereocenters. The Morgan fingerprint density at radius 1 is 1.12 bits per heavy atom. The molecule has 0 N–H and O–H groups in total. The fourth-order valence-corrected chi connectivity index (χ4v) is 3.42. The van der Waals surface area contributed by atoms with Crippen LogP contribution in [0.2, 0.25) is 0 Å². The summed E-state index contributed by atoms with van der Waals surface area (Å²) in [6.07, 6.45) is 5.72. The van der Waals surface area contributed by atoms with E-state index in [1.807, 2.05) is 23.4 Å². The van der Waals surface area contributed by atoms with Crippen LogP contribution in [0, 0.1) is 5.82 Å². The number of hydrogen-bond donors (Lipinski definition) is 0. The second-order valence-electron chi connectivity index (χ2n) is 6.41. The lowest BCUT2D eigenvalue weighted by molar-refractivity contribution is -0.131. The predicted molar refractivity (Wildman–Crippen MR) is 92.5 cm³/mol. The van der Waals surface area contributed by atoms with Gasteiger partial charge in [-0.25, -0.2) is 14.4 Å². The smallest absolute Gasteiger partial charge is 0.226 e. The molecule has 0 radical (unpaired) electrons. The molecule has 1 saturated heterocycles. The summed E-state index contributed by atoms with van der Waals surface area (Å²) >= 11 is 0. The fourth-order valence-electron chi connectivity index (χ4n) is 3.42. The van der Waals surface area contributed by atoms with Crippen molar-refractivity contribution in [1.82, 2.24) is 19.4 Å². The van der Waals surface area contributed by atoms with Gasteiger partial charge in [-0.15, -0.1) is 0 Å². The number of piperidine rings is 1. The number of nitrogens with zero attached hydrogens (tertiary/aromatic N) is 4. The monoisotopic (exact) mass is 338 g/mol. The maximum Gasteiger partial charge on any atom is 0.226 e. The molecule has 0 bridgehead atoms. The topological polar surface area (TPSA) is 51.0 Å². The zero-order chi connectivity index (χ0) is 17.2. The molecule has 1 fully saturated rings. The summed E-state index contributed by atoms with van der Waals surface area (Å²) in [5.41, 5.74) is 2.65. The van der Waals surface area contributed by atoms with Crippen LogP contribution in [-0.2, 0) is 11.2 Å². The van der Waals surface area contributed by atoms with Gasteiger partial charge in [0, 0.05) is 25.3 Å². The average Bonchev–Trinajstić information content (AvgIpc) is 3.08. The number of imidazole rings is 1. The molecule has 1 aliphatic rings. The predicted octanol–water partition coefficient (Wildman–Crippen LogP) is 2.98. The van der Waals surface area contributed by atoms with Gasteiger partial charge in [0.2, 0.25) is 5.91 Å². The van der Waals surface area contributed by atoms with Crippen molar-refractivity contribution in [3.8, 4) is 0 Å². The third-order valence-electron chi connectivity index (χ3n) is 4.81. The second kappa shape index (κ2) is 6.63. The summed E-state index contributed by atoms with van der Waals surface area (Å²) in [5.74, 6) is -0.183. The number of pyridine rings is 1. The molecule has 2 aromatic heterocycles. The van der Waals surface area contributed by atoms with E-state index in [2.05, 4.69) is 14.5 Å². The number of rotatable bonds is 3. The molecule has 3 heterocycles. The minimum Gasteiger partial charge on any atom is -0.342 e. The maximum absolute atomic E-state index is 13.0. The summed E-state index contributed by atoms with van der Waals surface area (Å²) in [6.45, 7) is 1.44. The number of hydrogen-bond acceptors (Lipinski definition) is 3. The highest BCUT2D eigenvalue weighted by atomic mass is 19.1. The van der Waals surface area contributed by atoms with Gasteiger partial charge >= 0.3 is 0 Å². The Hall–Kier alpha value is -2.76. The van der Waals surface area contributed by atoms with Gasteiger partial charge < -0.3 is 9.47 Å². The molecule has 4 rings (SSSR count).